The Kier molecular flexibility index (Phi) is 1.54. The van der Waals surface area contributed by atoms with Crippen LogP contribution in [0.2, 0.25) is 0 Å². The van der Waals surface area contributed by atoms with Crippen molar-refractivity contribution in [2.75, 3.05) is 0 Å². The average Bonchev–Trinajstić information content (AvgIpc) is 2.33. The van der Waals surface area contributed by atoms with Gasteiger partial charge in [-0.3, -0.25) is 10.1 Å². The number of hydrogen-bond donors (Lipinski definition) is 1. The molecule has 0 saturated heterocycles. The Morgan fingerprint density at radius 2 is 2.33 bits per heavy atom. The van der Waals surface area contributed by atoms with Gasteiger partial charge < -0.3 is 0 Å². The molecule has 62 valence electrons. The molecule has 2 aliphatic rings. The first-order chi connectivity index (χ1) is 5.68. The van der Waals surface area contributed by atoms with Gasteiger partial charge in [0.25, 0.3) is 0 Å². The van der Waals surface area contributed by atoms with Gasteiger partial charge >= 0.3 is 6.03 Å². The normalized spacial score (nSPS) is 27.6. The van der Waals surface area contributed by atoms with E-state index >= 15 is 0 Å². The number of rotatable bonds is 0. The first kappa shape index (κ1) is 7.54. The molecule has 1 N–H and O–H groups in total. The maximum atomic E-state index is 11.2. The third-order valence-electron chi connectivity index (χ3n) is 1.72. The van der Waals surface area contributed by atoms with Gasteiger partial charge in [-0.05, 0) is 17.9 Å². The van der Waals surface area contributed by atoms with Gasteiger partial charge in [-0.15, -0.1) is 11.8 Å². The molecule has 2 rings (SSSR count). The topological polar surface area (TPSA) is 58.5 Å². The molecule has 3 amide bonds. The minimum atomic E-state index is -0.554. The van der Waals surface area contributed by atoms with Crippen LogP contribution in [0, 0.1) is 0 Å². The number of carbonyl (C=O) groups is 2. The molecule has 5 heteroatoms. The Bertz CT molecular complexity index is 332. The molecule has 0 spiro atoms. The number of nitrogens with zero attached hydrogens (tertiary/aromatic N) is 1. The Morgan fingerprint density at radius 1 is 1.58 bits per heavy atom. The zero-order valence-corrected chi connectivity index (χ0v) is 7.14. The van der Waals surface area contributed by atoms with E-state index in [-0.39, 0.29) is 11.2 Å². The summed E-state index contributed by atoms with van der Waals surface area (Å²) < 4.78 is 0. The zero-order valence-electron chi connectivity index (χ0n) is 6.33. The van der Waals surface area contributed by atoms with E-state index in [0.29, 0.717) is 5.71 Å². The van der Waals surface area contributed by atoms with E-state index in [9.17, 15) is 9.59 Å². The number of hydrogen-bond acceptors (Lipinski definition) is 3. The van der Waals surface area contributed by atoms with Crippen LogP contribution in [-0.4, -0.2) is 22.9 Å². The van der Waals surface area contributed by atoms with Crippen molar-refractivity contribution in [2.45, 2.75) is 12.2 Å². The quantitative estimate of drug-likeness (QED) is 0.599. The number of carbonyl (C=O) groups excluding carboxylic acids is 2. The van der Waals surface area contributed by atoms with Gasteiger partial charge in [0, 0.05) is 0 Å². The number of amides is 3. The summed E-state index contributed by atoms with van der Waals surface area (Å²) in [6.45, 7) is 1.84. The van der Waals surface area contributed by atoms with Crippen molar-refractivity contribution >= 4 is 29.4 Å². The molecule has 2 heterocycles. The smallest absolute Gasteiger partial charge is 0.275 e. The van der Waals surface area contributed by atoms with Crippen LogP contribution in [0.3, 0.4) is 0 Å². The molecule has 0 radical (unpaired) electrons. The van der Waals surface area contributed by atoms with Crippen LogP contribution in [0.25, 0.3) is 0 Å². The van der Waals surface area contributed by atoms with E-state index < -0.39 is 6.03 Å². The first-order valence-electron chi connectivity index (χ1n) is 3.44. The van der Waals surface area contributed by atoms with Crippen molar-refractivity contribution in [1.29, 1.82) is 0 Å². The van der Waals surface area contributed by atoms with Crippen LogP contribution in [0.4, 0.5) is 4.79 Å². The lowest BCUT2D eigenvalue weighted by Gasteiger charge is -2.14. The van der Waals surface area contributed by atoms with Gasteiger partial charge in [-0.2, -0.15) is 4.99 Å². The fourth-order valence-corrected chi connectivity index (χ4v) is 2.15. The second-order valence-electron chi connectivity index (χ2n) is 2.61. The zero-order chi connectivity index (χ0) is 8.72. The number of urea groups is 1. The highest BCUT2D eigenvalue weighted by Gasteiger charge is 2.34. The van der Waals surface area contributed by atoms with Crippen LogP contribution in [-0.2, 0) is 4.79 Å². The Balaban J connectivity index is 2.43. The van der Waals surface area contributed by atoms with E-state index in [4.69, 9.17) is 0 Å². The summed E-state index contributed by atoms with van der Waals surface area (Å²) in [5.41, 5.74) is 1.52. The molecule has 0 aromatic carbocycles. The Hall–Kier alpha value is -1.10. The summed E-state index contributed by atoms with van der Waals surface area (Å²) in [5, 5.41) is 3.70. The number of allylic oxidation sites excluding steroid dienone is 1. The predicted molar refractivity (Wildman–Crippen MR) is 46.1 cm³/mol. The lowest BCUT2D eigenvalue weighted by Crippen LogP contribution is -2.43. The van der Waals surface area contributed by atoms with E-state index in [0.717, 1.165) is 5.57 Å². The van der Waals surface area contributed by atoms with Crippen molar-refractivity contribution in [3.05, 3.63) is 11.0 Å². The maximum absolute atomic E-state index is 11.2. The van der Waals surface area contributed by atoms with Gasteiger partial charge in [0.15, 0.2) is 0 Å². The molecule has 1 atom stereocenters. The molecular formula is C7H6N2O2S. The largest absolute Gasteiger partial charge is 0.347 e. The van der Waals surface area contributed by atoms with Gasteiger partial charge in [0.2, 0.25) is 5.91 Å². The SMILES string of the molecule is CC1=CS[C@@H]2C(=O)NC(=O)N=C12. The van der Waals surface area contributed by atoms with E-state index in [1.54, 1.807) is 0 Å². The van der Waals surface area contributed by atoms with Gasteiger partial charge in [0.1, 0.15) is 5.25 Å². The standard InChI is InChI=1S/C7H6N2O2S/c1-3-2-12-5-4(3)8-7(11)9-6(5)10/h2,5H,1H3,(H,9,10,11)/t5-/m0/s1. The highest BCUT2D eigenvalue weighted by molar-refractivity contribution is 8.04. The number of fused-ring (bicyclic) bond motifs is 1. The van der Waals surface area contributed by atoms with E-state index in [1.807, 2.05) is 12.3 Å². The van der Waals surface area contributed by atoms with E-state index in [2.05, 4.69) is 10.3 Å². The molecule has 12 heavy (non-hydrogen) atoms. The molecule has 0 bridgehead atoms. The minimum Gasteiger partial charge on any atom is -0.275 e. The molecule has 0 fully saturated rings. The van der Waals surface area contributed by atoms with Crippen molar-refractivity contribution in [3.8, 4) is 0 Å². The highest BCUT2D eigenvalue weighted by Crippen LogP contribution is 2.29. The van der Waals surface area contributed by atoms with Crippen molar-refractivity contribution < 1.29 is 9.59 Å². The maximum Gasteiger partial charge on any atom is 0.347 e. The van der Waals surface area contributed by atoms with Crippen LogP contribution in [0.1, 0.15) is 6.92 Å². The van der Waals surface area contributed by atoms with E-state index in [1.165, 1.54) is 11.8 Å². The van der Waals surface area contributed by atoms with Crippen LogP contribution >= 0.6 is 11.8 Å². The summed E-state index contributed by atoms with van der Waals surface area (Å²) in [6, 6.07) is -0.554. The van der Waals surface area contributed by atoms with Crippen LogP contribution in [0.5, 0.6) is 0 Å². The molecule has 2 aliphatic heterocycles. The van der Waals surface area contributed by atoms with Gasteiger partial charge in [-0.1, -0.05) is 0 Å². The van der Waals surface area contributed by atoms with Crippen LogP contribution in [0.15, 0.2) is 16.0 Å². The van der Waals surface area contributed by atoms with Crippen molar-refractivity contribution in [1.82, 2.24) is 5.32 Å². The first-order valence-corrected chi connectivity index (χ1v) is 4.39. The summed E-state index contributed by atoms with van der Waals surface area (Å²) in [4.78, 5) is 25.7. The monoisotopic (exact) mass is 182 g/mol. The number of aliphatic imine (C=N–C) groups is 1. The third kappa shape index (κ3) is 0.972. The van der Waals surface area contributed by atoms with Crippen LogP contribution < -0.4 is 5.32 Å². The number of nitrogens with one attached hydrogen (secondary N) is 1. The Morgan fingerprint density at radius 3 is 3.08 bits per heavy atom. The minimum absolute atomic E-state index is 0.261. The summed E-state index contributed by atoms with van der Waals surface area (Å²) in [7, 11) is 0. The number of imide groups is 1. The molecule has 0 saturated carbocycles. The molecule has 0 aromatic rings. The summed E-state index contributed by atoms with van der Waals surface area (Å²) in [6.07, 6.45) is 0. The number of thioether (sulfide) groups is 1. The lowest BCUT2D eigenvalue weighted by molar-refractivity contribution is -0.118. The molecule has 0 aliphatic carbocycles. The predicted octanol–water partition coefficient (Wildman–Crippen LogP) is 0.696. The third-order valence-corrected chi connectivity index (χ3v) is 2.92. The molecule has 0 aromatic heterocycles. The second kappa shape index (κ2) is 2.45. The van der Waals surface area contributed by atoms with Gasteiger partial charge in [-0.25, -0.2) is 4.79 Å². The fraction of sp³-hybridized carbons (Fsp3) is 0.286. The highest BCUT2D eigenvalue weighted by atomic mass is 32.2. The molecule has 4 nitrogen and oxygen atoms in total. The summed E-state index contributed by atoms with van der Waals surface area (Å²) in [5.74, 6) is -0.261. The Labute approximate surface area is 73.1 Å². The van der Waals surface area contributed by atoms with Crippen molar-refractivity contribution in [3.63, 3.8) is 0 Å². The van der Waals surface area contributed by atoms with Gasteiger partial charge in [0.05, 0.1) is 5.71 Å². The summed E-state index contributed by atoms with van der Waals surface area (Å²) >= 11 is 1.39. The average molecular weight is 182 g/mol. The molecular weight excluding hydrogens is 176 g/mol. The molecule has 0 unspecified atom stereocenters. The fourth-order valence-electron chi connectivity index (χ4n) is 1.14. The second-order valence-corrected chi connectivity index (χ2v) is 3.59. The van der Waals surface area contributed by atoms with Crippen molar-refractivity contribution in [2.24, 2.45) is 4.99 Å². The lowest BCUT2D eigenvalue weighted by atomic mass is 10.1.